The van der Waals surface area contributed by atoms with Crippen molar-refractivity contribution in [3.63, 3.8) is 0 Å². The number of phenols is 1. The molecule has 0 atom stereocenters. The van der Waals surface area contributed by atoms with Gasteiger partial charge < -0.3 is 5.11 Å². The molecule has 0 bridgehead atoms. The quantitative estimate of drug-likeness (QED) is 0.673. The van der Waals surface area contributed by atoms with E-state index in [1.54, 1.807) is 30.5 Å². The van der Waals surface area contributed by atoms with Gasteiger partial charge in [0.05, 0.1) is 16.3 Å². The molecule has 1 amide bonds. The van der Waals surface area contributed by atoms with Crippen LogP contribution in [-0.4, -0.2) is 22.2 Å². The normalized spacial score (nSPS) is 10.6. The lowest BCUT2D eigenvalue weighted by atomic mass is 10.2. The number of halogens is 1. The zero-order valence-corrected chi connectivity index (χ0v) is 11.3. The van der Waals surface area contributed by atoms with E-state index in [1.807, 2.05) is 0 Å². The van der Waals surface area contributed by atoms with E-state index in [0.29, 0.717) is 10.0 Å². The van der Waals surface area contributed by atoms with Crippen LogP contribution >= 0.6 is 15.9 Å². The Morgan fingerprint density at radius 1 is 1.42 bits per heavy atom. The number of rotatable bonds is 3. The van der Waals surface area contributed by atoms with E-state index in [0.717, 1.165) is 5.56 Å². The number of amides is 1. The van der Waals surface area contributed by atoms with Crippen LogP contribution in [0.1, 0.15) is 15.9 Å². The molecule has 0 saturated heterocycles. The number of phenolic OH excluding ortho intramolecular Hbond substituents is 1. The summed E-state index contributed by atoms with van der Waals surface area (Å²) in [4.78, 5) is 15.5. The van der Waals surface area contributed by atoms with Gasteiger partial charge in [0.15, 0.2) is 0 Å². The first kappa shape index (κ1) is 13.2. The van der Waals surface area contributed by atoms with Crippen molar-refractivity contribution in [1.29, 1.82) is 0 Å². The van der Waals surface area contributed by atoms with Crippen LogP contribution in [-0.2, 0) is 0 Å². The Morgan fingerprint density at radius 3 is 2.95 bits per heavy atom. The van der Waals surface area contributed by atoms with Crippen LogP contribution < -0.4 is 5.43 Å². The first-order chi connectivity index (χ1) is 9.16. The molecule has 0 fully saturated rings. The number of nitrogens with zero attached hydrogens (tertiary/aromatic N) is 2. The second-order valence-electron chi connectivity index (χ2n) is 3.65. The van der Waals surface area contributed by atoms with E-state index in [2.05, 4.69) is 31.4 Å². The van der Waals surface area contributed by atoms with Crippen molar-refractivity contribution < 1.29 is 9.90 Å². The Balaban J connectivity index is 2.00. The molecule has 96 valence electrons. The molecule has 6 heteroatoms. The minimum absolute atomic E-state index is 0.150. The first-order valence-corrected chi connectivity index (χ1v) is 6.18. The second-order valence-corrected chi connectivity index (χ2v) is 4.51. The van der Waals surface area contributed by atoms with Crippen molar-refractivity contribution in [2.75, 3.05) is 0 Å². The Labute approximate surface area is 118 Å². The van der Waals surface area contributed by atoms with Gasteiger partial charge in [-0.3, -0.25) is 9.78 Å². The van der Waals surface area contributed by atoms with Crippen molar-refractivity contribution in [2.24, 2.45) is 5.10 Å². The van der Waals surface area contributed by atoms with Crippen molar-refractivity contribution in [1.82, 2.24) is 10.4 Å². The van der Waals surface area contributed by atoms with Crippen LogP contribution in [0.5, 0.6) is 5.75 Å². The predicted octanol–water partition coefficient (Wildman–Crippen LogP) is 2.31. The third-order valence-electron chi connectivity index (χ3n) is 2.28. The van der Waals surface area contributed by atoms with Gasteiger partial charge in [0.2, 0.25) is 0 Å². The molecule has 0 radical (unpaired) electrons. The highest BCUT2D eigenvalue weighted by molar-refractivity contribution is 9.10. The van der Waals surface area contributed by atoms with Gasteiger partial charge in [-0.15, -0.1) is 0 Å². The summed E-state index contributed by atoms with van der Waals surface area (Å²) in [5.41, 5.74) is 3.58. The molecule has 0 spiro atoms. The number of benzene rings is 1. The van der Waals surface area contributed by atoms with Crippen molar-refractivity contribution in [2.45, 2.75) is 0 Å². The van der Waals surface area contributed by atoms with Gasteiger partial charge in [-0.25, -0.2) is 5.43 Å². The molecule has 2 aromatic rings. The van der Waals surface area contributed by atoms with Crippen LogP contribution in [0.25, 0.3) is 0 Å². The first-order valence-electron chi connectivity index (χ1n) is 5.39. The number of aromatic nitrogens is 1. The average Bonchev–Trinajstić information content (AvgIpc) is 2.43. The molecule has 2 rings (SSSR count). The van der Waals surface area contributed by atoms with E-state index in [9.17, 15) is 9.90 Å². The third kappa shape index (κ3) is 3.62. The fourth-order valence-corrected chi connectivity index (χ4v) is 1.73. The van der Waals surface area contributed by atoms with Crippen molar-refractivity contribution in [3.8, 4) is 5.75 Å². The minimum Gasteiger partial charge on any atom is -0.507 e. The van der Waals surface area contributed by atoms with Crippen LogP contribution in [0.15, 0.2) is 52.3 Å². The molecule has 0 aliphatic carbocycles. The highest BCUT2D eigenvalue weighted by Crippen LogP contribution is 2.23. The van der Waals surface area contributed by atoms with Gasteiger partial charge in [-0.05, 0) is 51.8 Å². The van der Waals surface area contributed by atoms with Gasteiger partial charge in [-0.1, -0.05) is 0 Å². The maximum Gasteiger partial charge on any atom is 0.272 e. The van der Waals surface area contributed by atoms with Gasteiger partial charge in [-0.2, -0.15) is 5.10 Å². The summed E-state index contributed by atoms with van der Waals surface area (Å²) in [5.74, 6) is -0.182. The van der Waals surface area contributed by atoms with Gasteiger partial charge in [0, 0.05) is 12.4 Å². The molecule has 19 heavy (non-hydrogen) atoms. The van der Waals surface area contributed by atoms with E-state index < -0.39 is 0 Å². The topological polar surface area (TPSA) is 74.6 Å². The number of hydrogen-bond donors (Lipinski definition) is 2. The maximum absolute atomic E-state index is 11.6. The molecule has 0 aliphatic heterocycles. The molecule has 1 aromatic carbocycles. The number of aromatic hydroxyl groups is 1. The van der Waals surface area contributed by atoms with E-state index in [4.69, 9.17) is 0 Å². The maximum atomic E-state index is 11.6. The molecule has 0 unspecified atom stereocenters. The van der Waals surface area contributed by atoms with Crippen molar-refractivity contribution in [3.05, 3.63) is 58.3 Å². The van der Waals surface area contributed by atoms with Gasteiger partial charge >= 0.3 is 0 Å². The van der Waals surface area contributed by atoms with E-state index in [1.165, 1.54) is 18.5 Å². The largest absolute Gasteiger partial charge is 0.507 e. The Hall–Kier alpha value is -2.21. The fourth-order valence-electron chi connectivity index (χ4n) is 1.33. The third-order valence-corrected chi connectivity index (χ3v) is 2.91. The van der Waals surface area contributed by atoms with Crippen LogP contribution in [0, 0.1) is 0 Å². The number of pyridine rings is 1. The number of hydrazone groups is 1. The fraction of sp³-hybridized carbons (Fsp3) is 0. The summed E-state index contributed by atoms with van der Waals surface area (Å²) in [5, 5.41) is 13.2. The minimum atomic E-state index is -0.331. The molecule has 0 aliphatic rings. The molecular formula is C13H10BrN3O2. The standard InChI is InChI=1S/C13H10BrN3O2/c14-11-6-9(3-4-12(11)18)7-16-17-13(19)10-2-1-5-15-8-10/h1-8,18H,(H,17,19). The van der Waals surface area contributed by atoms with Gasteiger partial charge in [0.25, 0.3) is 5.91 Å². The van der Waals surface area contributed by atoms with Crippen LogP contribution in [0.4, 0.5) is 0 Å². The summed E-state index contributed by atoms with van der Waals surface area (Å²) < 4.78 is 0.565. The molecule has 0 saturated carbocycles. The number of carbonyl (C=O) groups is 1. The molecule has 1 heterocycles. The SMILES string of the molecule is O=C(NN=Cc1ccc(O)c(Br)c1)c1cccnc1. The summed E-state index contributed by atoms with van der Waals surface area (Å²) in [6.07, 6.45) is 4.54. The van der Waals surface area contributed by atoms with Crippen molar-refractivity contribution >= 4 is 28.1 Å². The lowest BCUT2D eigenvalue weighted by molar-refractivity contribution is 0.0955. The smallest absolute Gasteiger partial charge is 0.272 e. The monoisotopic (exact) mass is 319 g/mol. The van der Waals surface area contributed by atoms with Gasteiger partial charge in [0.1, 0.15) is 5.75 Å². The second kappa shape index (κ2) is 6.10. The molecule has 2 N–H and O–H groups in total. The average molecular weight is 320 g/mol. The van der Waals surface area contributed by atoms with E-state index >= 15 is 0 Å². The summed E-state index contributed by atoms with van der Waals surface area (Å²) in [7, 11) is 0. The van der Waals surface area contributed by atoms with E-state index in [-0.39, 0.29) is 11.7 Å². The van der Waals surface area contributed by atoms with Crippen LogP contribution in [0.2, 0.25) is 0 Å². The highest BCUT2D eigenvalue weighted by Gasteiger charge is 2.02. The lowest BCUT2D eigenvalue weighted by Crippen LogP contribution is -2.17. The number of hydrogen-bond acceptors (Lipinski definition) is 4. The Bertz CT molecular complexity index is 615. The molecular weight excluding hydrogens is 310 g/mol. The molecule has 5 nitrogen and oxygen atoms in total. The highest BCUT2D eigenvalue weighted by atomic mass is 79.9. The number of carbonyl (C=O) groups excluding carboxylic acids is 1. The summed E-state index contributed by atoms with van der Waals surface area (Å²) in [6.45, 7) is 0. The Kier molecular flexibility index (Phi) is 4.25. The lowest BCUT2D eigenvalue weighted by Gasteiger charge is -1.99. The Morgan fingerprint density at radius 2 is 2.26 bits per heavy atom. The summed E-state index contributed by atoms with van der Waals surface area (Å²) >= 11 is 3.20. The molecule has 1 aromatic heterocycles. The zero-order chi connectivity index (χ0) is 13.7. The number of nitrogens with one attached hydrogen (secondary N) is 1. The summed E-state index contributed by atoms with van der Waals surface area (Å²) in [6, 6.07) is 8.23. The predicted molar refractivity (Wildman–Crippen MR) is 75.1 cm³/mol. The zero-order valence-electron chi connectivity index (χ0n) is 9.75. The van der Waals surface area contributed by atoms with Crippen LogP contribution in [0.3, 0.4) is 0 Å².